The summed E-state index contributed by atoms with van der Waals surface area (Å²) in [7, 11) is 0. The van der Waals surface area contributed by atoms with Crippen molar-refractivity contribution in [2.45, 2.75) is 44.2 Å². The number of nitrogen functional groups attached to an aromatic ring is 1. The SMILES string of the molecule is C=CC(=O)N1CC[C@H]1COc1nc(N)cc(-c2cc(F)cc(N3CCc4cc(C5CC5)ccc4C3=O)c2CO)n1. The molecule has 1 aromatic heterocycles. The molecule has 6 rings (SSSR count). The lowest BCUT2D eigenvalue weighted by atomic mass is 9.93. The molecular weight excluding hydrogens is 513 g/mol. The highest BCUT2D eigenvalue weighted by atomic mass is 19.1. The Balaban J connectivity index is 1.29. The fraction of sp³-hybridized carbons (Fsp3) is 0.333. The maximum Gasteiger partial charge on any atom is 0.318 e. The van der Waals surface area contributed by atoms with Crippen molar-refractivity contribution in [3.8, 4) is 17.3 Å². The van der Waals surface area contributed by atoms with Crippen molar-refractivity contribution in [2.24, 2.45) is 0 Å². The van der Waals surface area contributed by atoms with Gasteiger partial charge in [0, 0.05) is 35.8 Å². The fourth-order valence-corrected chi connectivity index (χ4v) is 5.50. The molecule has 2 amide bonds. The molecule has 3 heterocycles. The minimum absolute atomic E-state index is 0.0305. The van der Waals surface area contributed by atoms with Gasteiger partial charge in [0.2, 0.25) is 5.91 Å². The van der Waals surface area contributed by atoms with Crippen molar-refractivity contribution in [1.82, 2.24) is 14.9 Å². The summed E-state index contributed by atoms with van der Waals surface area (Å²) in [6.45, 7) is 4.20. The summed E-state index contributed by atoms with van der Waals surface area (Å²) in [6, 6.07) is 9.79. The van der Waals surface area contributed by atoms with E-state index in [1.165, 1.54) is 47.6 Å². The summed E-state index contributed by atoms with van der Waals surface area (Å²) in [5.74, 6) is -0.316. The van der Waals surface area contributed by atoms with E-state index in [1.54, 1.807) is 4.90 Å². The van der Waals surface area contributed by atoms with E-state index in [9.17, 15) is 14.7 Å². The standard InChI is InChI=1S/C30H30FN5O4/c1-2-28(38)35-10-8-21(35)16-40-30-33-25(14-27(32)34-30)23-12-20(31)13-26(24(23)15-37)36-9-7-19-11-18(17-3-4-17)5-6-22(19)29(36)39/h2,5-6,11-14,17,21,37H,1,3-4,7-10,15-16H2,(H2,32,33,34)/t21-/m0/s1. The zero-order valence-corrected chi connectivity index (χ0v) is 22.0. The van der Waals surface area contributed by atoms with E-state index in [4.69, 9.17) is 10.5 Å². The largest absolute Gasteiger partial charge is 0.461 e. The maximum absolute atomic E-state index is 15.0. The molecular formula is C30H30FN5O4. The molecule has 2 fully saturated rings. The first-order valence-electron chi connectivity index (χ1n) is 13.4. The van der Waals surface area contributed by atoms with Gasteiger partial charge in [-0.2, -0.15) is 9.97 Å². The van der Waals surface area contributed by atoms with Gasteiger partial charge in [0.05, 0.1) is 24.0 Å². The van der Waals surface area contributed by atoms with E-state index in [1.807, 2.05) is 12.1 Å². The lowest BCUT2D eigenvalue weighted by Crippen LogP contribution is -2.53. The van der Waals surface area contributed by atoms with E-state index in [0.717, 1.165) is 12.0 Å². The number of aliphatic hydroxyl groups is 1. The van der Waals surface area contributed by atoms with Gasteiger partial charge in [-0.05, 0) is 67.0 Å². The molecule has 2 aromatic carbocycles. The molecule has 3 aliphatic rings. The molecule has 3 N–H and O–H groups in total. The molecule has 206 valence electrons. The zero-order valence-electron chi connectivity index (χ0n) is 22.0. The van der Waals surface area contributed by atoms with Crippen molar-refractivity contribution < 1.29 is 23.8 Å². The molecule has 1 saturated carbocycles. The van der Waals surface area contributed by atoms with Crippen LogP contribution in [0.3, 0.4) is 0 Å². The Morgan fingerprint density at radius 1 is 1.15 bits per heavy atom. The second kappa shape index (κ2) is 10.3. The van der Waals surface area contributed by atoms with Crippen molar-refractivity contribution in [1.29, 1.82) is 0 Å². The Kier molecular flexibility index (Phi) is 6.71. The number of anilines is 2. The molecule has 0 spiro atoms. The highest BCUT2D eigenvalue weighted by Gasteiger charge is 2.33. The van der Waals surface area contributed by atoms with Crippen molar-refractivity contribution in [3.05, 3.63) is 77.1 Å². The van der Waals surface area contributed by atoms with Crippen LogP contribution in [-0.4, -0.2) is 57.5 Å². The van der Waals surface area contributed by atoms with Gasteiger partial charge in [-0.3, -0.25) is 9.59 Å². The highest BCUT2D eigenvalue weighted by molar-refractivity contribution is 6.09. The zero-order chi connectivity index (χ0) is 28.0. The third kappa shape index (κ3) is 4.79. The number of fused-ring (bicyclic) bond motifs is 1. The van der Waals surface area contributed by atoms with Crippen molar-refractivity contribution in [2.75, 3.05) is 30.3 Å². The third-order valence-corrected chi connectivity index (χ3v) is 7.91. The number of likely N-dealkylation sites (tertiary alicyclic amines) is 1. The van der Waals surface area contributed by atoms with E-state index in [0.29, 0.717) is 36.6 Å². The third-order valence-electron chi connectivity index (χ3n) is 7.91. The van der Waals surface area contributed by atoms with Crippen LogP contribution in [0.25, 0.3) is 11.3 Å². The molecule has 1 atom stereocenters. The molecule has 40 heavy (non-hydrogen) atoms. The number of rotatable bonds is 8. The number of halogens is 1. The average molecular weight is 544 g/mol. The first-order chi connectivity index (χ1) is 19.4. The second-order valence-corrected chi connectivity index (χ2v) is 10.5. The normalized spacial score (nSPS) is 18.2. The molecule has 2 aliphatic heterocycles. The minimum atomic E-state index is -0.586. The fourth-order valence-electron chi connectivity index (χ4n) is 5.50. The number of carbonyl (C=O) groups excluding carboxylic acids is 2. The Morgan fingerprint density at radius 2 is 1.98 bits per heavy atom. The quantitative estimate of drug-likeness (QED) is 0.416. The smallest absolute Gasteiger partial charge is 0.318 e. The summed E-state index contributed by atoms with van der Waals surface area (Å²) in [5, 5.41) is 10.4. The number of carbonyl (C=O) groups is 2. The Labute approximate surface area is 231 Å². The van der Waals surface area contributed by atoms with Crippen LogP contribution in [0.5, 0.6) is 6.01 Å². The van der Waals surface area contributed by atoms with Gasteiger partial charge in [0.15, 0.2) is 0 Å². The van der Waals surface area contributed by atoms with Crippen LogP contribution < -0.4 is 15.4 Å². The van der Waals surface area contributed by atoms with Crippen LogP contribution in [0.15, 0.2) is 49.1 Å². The molecule has 3 aromatic rings. The van der Waals surface area contributed by atoms with Crippen molar-refractivity contribution in [3.63, 3.8) is 0 Å². The second-order valence-electron chi connectivity index (χ2n) is 10.5. The van der Waals surface area contributed by atoms with Crippen LogP contribution >= 0.6 is 0 Å². The maximum atomic E-state index is 15.0. The van der Waals surface area contributed by atoms with E-state index in [-0.39, 0.29) is 53.2 Å². The van der Waals surface area contributed by atoms with Gasteiger partial charge in [-0.25, -0.2) is 4.39 Å². The molecule has 9 nitrogen and oxygen atoms in total. The average Bonchev–Trinajstić information content (AvgIpc) is 3.77. The number of benzene rings is 2. The number of aromatic nitrogens is 2. The van der Waals surface area contributed by atoms with Gasteiger partial charge >= 0.3 is 6.01 Å². The summed E-state index contributed by atoms with van der Waals surface area (Å²) in [4.78, 5) is 37.2. The molecule has 1 aliphatic carbocycles. The van der Waals surface area contributed by atoms with Crippen molar-refractivity contribution >= 4 is 23.3 Å². The number of hydrogen-bond donors (Lipinski definition) is 2. The Morgan fingerprint density at radius 3 is 2.67 bits per heavy atom. The van der Waals surface area contributed by atoms with Gasteiger partial charge in [-0.1, -0.05) is 18.7 Å². The Bertz CT molecular complexity index is 1520. The predicted molar refractivity (Wildman–Crippen MR) is 147 cm³/mol. The molecule has 0 unspecified atom stereocenters. The molecule has 0 radical (unpaired) electrons. The van der Waals surface area contributed by atoms with Crippen LogP contribution in [0.4, 0.5) is 15.9 Å². The summed E-state index contributed by atoms with van der Waals surface area (Å²) in [5.41, 5.74) is 10.1. The number of hydrogen-bond acceptors (Lipinski definition) is 7. The number of amides is 2. The van der Waals surface area contributed by atoms with Gasteiger partial charge in [0.25, 0.3) is 5.91 Å². The van der Waals surface area contributed by atoms with Gasteiger partial charge in [0.1, 0.15) is 18.2 Å². The van der Waals surface area contributed by atoms with Gasteiger partial charge < -0.3 is 25.4 Å². The Hall–Kier alpha value is -4.31. The summed E-state index contributed by atoms with van der Waals surface area (Å²) >= 11 is 0. The minimum Gasteiger partial charge on any atom is -0.461 e. The first kappa shape index (κ1) is 25.9. The first-order valence-corrected chi connectivity index (χ1v) is 13.4. The number of ether oxygens (including phenoxy) is 1. The van der Waals surface area contributed by atoms with Gasteiger partial charge in [-0.15, -0.1) is 0 Å². The van der Waals surface area contributed by atoms with E-state index < -0.39 is 12.4 Å². The molecule has 0 bridgehead atoms. The van der Waals surface area contributed by atoms with Crippen LogP contribution in [0.2, 0.25) is 0 Å². The van der Waals surface area contributed by atoms with E-state index in [2.05, 4.69) is 22.6 Å². The summed E-state index contributed by atoms with van der Waals surface area (Å²) in [6.07, 6.45) is 5.02. The van der Waals surface area contributed by atoms with Crippen LogP contribution in [-0.2, 0) is 17.8 Å². The topological polar surface area (TPSA) is 122 Å². The highest BCUT2D eigenvalue weighted by Crippen LogP contribution is 2.42. The monoisotopic (exact) mass is 543 g/mol. The van der Waals surface area contributed by atoms with Crippen LogP contribution in [0.1, 0.15) is 52.2 Å². The van der Waals surface area contributed by atoms with Crippen LogP contribution in [0, 0.1) is 5.82 Å². The van der Waals surface area contributed by atoms with E-state index >= 15 is 4.39 Å². The number of nitrogens with two attached hydrogens (primary N) is 1. The number of aliphatic hydroxyl groups excluding tert-OH is 1. The summed E-state index contributed by atoms with van der Waals surface area (Å²) < 4.78 is 20.8. The lowest BCUT2D eigenvalue weighted by Gasteiger charge is -2.39. The lowest BCUT2D eigenvalue weighted by molar-refractivity contribution is -0.134. The molecule has 10 heteroatoms. The number of nitrogens with zero attached hydrogens (tertiary/aromatic N) is 4. The predicted octanol–water partition coefficient (Wildman–Crippen LogP) is 3.60. The molecule has 1 saturated heterocycles.